The lowest BCUT2D eigenvalue weighted by molar-refractivity contribution is -0.131. The van der Waals surface area contributed by atoms with Gasteiger partial charge in [0.05, 0.1) is 6.07 Å². The van der Waals surface area contributed by atoms with E-state index in [0.29, 0.717) is 11.3 Å². The minimum atomic E-state index is -0.782. The van der Waals surface area contributed by atoms with E-state index in [9.17, 15) is 13.6 Å². The molecule has 0 saturated carbocycles. The Morgan fingerprint density at radius 2 is 2.00 bits per heavy atom. The largest absolute Gasteiger partial charge is 0.427 e. The molecule has 0 aliphatic carbocycles. The van der Waals surface area contributed by atoms with Gasteiger partial charge in [-0.2, -0.15) is 0 Å². The molecule has 0 atom stereocenters. The van der Waals surface area contributed by atoms with E-state index in [4.69, 9.17) is 4.74 Å². The topological polar surface area (TPSA) is 26.3 Å². The van der Waals surface area contributed by atoms with Crippen molar-refractivity contribution in [3.63, 3.8) is 0 Å². The van der Waals surface area contributed by atoms with E-state index in [0.717, 1.165) is 6.07 Å². The molecule has 18 heavy (non-hydrogen) atoms. The van der Waals surface area contributed by atoms with Crippen LogP contribution in [0.1, 0.15) is 6.92 Å². The van der Waals surface area contributed by atoms with Gasteiger partial charge in [0.1, 0.15) is 17.4 Å². The Kier molecular flexibility index (Phi) is 3.37. The first-order chi connectivity index (χ1) is 8.56. The molecule has 0 fully saturated rings. The summed E-state index contributed by atoms with van der Waals surface area (Å²) in [4.78, 5) is 10.8. The number of benzene rings is 2. The highest BCUT2D eigenvalue weighted by Crippen LogP contribution is 2.26. The minimum Gasteiger partial charge on any atom is -0.427 e. The van der Waals surface area contributed by atoms with Gasteiger partial charge in [0.2, 0.25) is 0 Å². The van der Waals surface area contributed by atoms with Crippen LogP contribution >= 0.6 is 0 Å². The van der Waals surface area contributed by atoms with Crippen molar-refractivity contribution in [2.75, 3.05) is 0 Å². The second-order valence-electron chi connectivity index (χ2n) is 3.66. The number of halogens is 2. The third-order valence-electron chi connectivity index (χ3n) is 2.27. The molecule has 4 heteroatoms. The van der Waals surface area contributed by atoms with E-state index < -0.39 is 17.6 Å². The van der Waals surface area contributed by atoms with E-state index in [2.05, 4.69) is 0 Å². The summed E-state index contributed by atoms with van der Waals surface area (Å²) in [6, 6.07) is 10.7. The summed E-state index contributed by atoms with van der Waals surface area (Å²) in [7, 11) is 0. The summed E-state index contributed by atoms with van der Waals surface area (Å²) in [6.07, 6.45) is 0. The van der Waals surface area contributed by atoms with Gasteiger partial charge in [-0.3, -0.25) is 4.79 Å². The average Bonchev–Trinajstić information content (AvgIpc) is 2.28. The lowest BCUT2D eigenvalue weighted by atomic mass is 10.0. The second kappa shape index (κ2) is 4.96. The number of carbonyl (C=O) groups excluding carboxylic acids is 1. The highest BCUT2D eigenvalue weighted by Gasteiger charge is 2.08. The monoisotopic (exact) mass is 247 g/mol. The predicted molar refractivity (Wildman–Crippen MR) is 61.9 cm³/mol. The fourth-order valence-electron chi connectivity index (χ4n) is 1.56. The van der Waals surface area contributed by atoms with Crippen LogP contribution in [0, 0.1) is 17.7 Å². The van der Waals surface area contributed by atoms with Crippen molar-refractivity contribution in [3.05, 3.63) is 54.1 Å². The van der Waals surface area contributed by atoms with Gasteiger partial charge in [0.15, 0.2) is 0 Å². The molecule has 0 bridgehead atoms. The summed E-state index contributed by atoms with van der Waals surface area (Å²) in [5.74, 6) is -1.69. The van der Waals surface area contributed by atoms with Gasteiger partial charge in [-0.25, -0.2) is 8.78 Å². The molecule has 2 rings (SSSR count). The molecule has 0 heterocycles. The number of hydrogen-bond acceptors (Lipinski definition) is 2. The molecule has 0 aliphatic rings. The SMILES string of the molecule is CC(=O)Oc1cccc(-c2ccc(F)[c]c2F)c1. The smallest absolute Gasteiger partial charge is 0.308 e. The van der Waals surface area contributed by atoms with Gasteiger partial charge in [-0.15, -0.1) is 0 Å². The van der Waals surface area contributed by atoms with Crippen LogP contribution in [0.15, 0.2) is 36.4 Å². The normalized spacial score (nSPS) is 10.2. The molecule has 2 aromatic carbocycles. The zero-order chi connectivity index (χ0) is 13.1. The zero-order valence-corrected chi connectivity index (χ0v) is 9.54. The molecule has 1 radical (unpaired) electrons. The van der Waals surface area contributed by atoms with Gasteiger partial charge in [0, 0.05) is 12.5 Å². The Morgan fingerprint density at radius 3 is 2.67 bits per heavy atom. The van der Waals surface area contributed by atoms with Crippen LogP contribution in [0.2, 0.25) is 0 Å². The van der Waals surface area contributed by atoms with Crippen LogP contribution < -0.4 is 4.74 Å². The Hall–Kier alpha value is -2.23. The van der Waals surface area contributed by atoms with Crippen molar-refractivity contribution in [3.8, 4) is 16.9 Å². The number of rotatable bonds is 2. The quantitative estimate of drug-likeness (QED) is 0.600. The Labute approximate surface area is 103 Å². The van der Waals surface area contributed by atoms with Crippen LogP contribution in [0.25, 0.3) is 11.1 Å². The van der Waals surface area contributed by atoms with Crippen LogP contribution in [-0.4, -0.2) is 5.97 Å². The maximum absolute atomic E-state index is 13.5. The summed E-state index contributed by atoms with van der Waals surface area (Å²) >= 11 is 0. The molecule has 2 nitrogen and oxygen atoms in total. The number of hydrogen-bond donors (Lipinski definition) is 0. The summed E-state index contributed by atoms with van der Waals surface area (Å²) in [5, 5.41) is 0. The van der Waals surface area contributed by atoms with Gasteiger partial charge in [0.25, 0.3) is 0 Å². The van der Waals surface area contributed by atoms with Gasteiger partial charge in [-0.1, -0.05) is 12.1 Å². The average molecular weight is 247 g/mol. The molecule has 2 aromatic rings. The van der Waals surface area contributed by atoms with Gasteiger partial charge in [-0.05, 0) is 29.8 Å². The van der Waals surface area contributed by atoms with E-state index in [1.165, 1.54) is 19.1 Å². The molecular formula is C14H9F2O2. The fraction of sp³-hybridized carbons (Fsp3) is 0.0714. The molecule has 0 unspecified atom stereocenters. The highest BCUT2D eigenvalue weighted by atomic mass is 19.1. The maximum atomic E-state index is 13.5. The fourth-order valence-corrected chi connectivity index (χ4v) is 1.56. The molecule has 0 saturated heterocycles. The molecule has 0 spiro atoms. The lowest BCUT2D eigenvalue weighted by Gasteiger charge is -2.06. The Bertz CT molecular complexity index is 594. The summed E-state index contributed by atoms with van der Waals surface area (Å²) in [5.41, 5.74) is 0.688. The molecule has 91 valence electrons. The van der Waals surface area contributed by atoms with E-state index >= 15 is 0 Å². The number of esters is 1. The van der Waals surface area contributed by atoms with Crippen LogP contribution in [0.3, 0.4) is 0 Å². The van der Waals surface area contributed by atoms with Crippen LogP contribution in [-0.2, 0) is 4.79 Å². The second-order valence-corrected chi connectivity index (χ2v) is 3.66. The number of carbonyl (C=O) groups is 1. The van der Waals surface area contributed by atoms with Crippen molar-refractivity contribution in [2.45, 2.75) is 6.92 Å². The molecular weight excluding hydrogens is 238 g/mol. The van der Waals surface area contributed by atoms with Gasteiger partial charge >= 0.3 is 5.97 Å². The van der Waals surface area contributed by atoms with Crippen molar-refractivity contribution in [1.29, 1.82) is 0 Å². The molecule has 0 aromatic heterocycles. The first kappa shape index (κ1) is 12.2. The van der Waals surface area contributed by atoms with E-state index in [1.807, 2.05) is 6.07 Å². The zero-order valence-electron chi connectivity index (χ0n) is 9.54. The first-order valence-electron chi connectivity index (χ1n) is 5.22. The third kappa shape index (κ3) is 2.71. The first-order valence-corrected chi connectivity index (χ1v) is 5.22. The van der Waals surface area contributed by atoms with Crippen molar-refractivity contribution >= 4 is 5.97 Å². The van der Waals surface area contributed by atoms with Crippen molar-refractivity contribution in [1.82, 2.24) is 0 Å². The number of ether oxygens (including phenoxy) is 1. The highest BCUT2D eigenvalue weighted by molar-refractivity contribution is 5.71. The van der Waals surface area contributed by atoms with Crippen molar-refractivity contribution < 1.29 is 18.3 Å². The molecule has 0 aliphatic heterocycles. The predicted octanol–water partition coefficient (Wildman–Crippen LogP) is 3.36. The van der Waals surface area contributed by atoms with E-state index in [1.54, 1.807) is 18.2 Å². The molecule has 0 N–H and O–H groups in total. The van der Waals surface area contributed by atoms with E-state index in [-0.39, 0.29) is 5.56 Å². The standard InChI is InChI=1S/C14H9F2O2/c1-9(17)18-12-4-2-3-10(7-12)13-6-5-11(15)8-14(13)16/h2-7H,1H3. The summed E-state index contributed by atoms with van der Waals surface area (Å²) < 4.78 is 31.2. The maximum Gasteiger partial charge on any atom is 0.308 e. The van der Waals surface area contributed by atoms with Crippen molar-refractivity contribution in [2.24, 2.45) is 0 Å². The Balaban J connectivity index is 2.41. The Morgan fingerprint density at radius 1 is 1.22 bits per heavy atom. The molecule has 0 amide bonds. The van der Waals surface area contributed by atoms with Gasteiger partial charge < -0.3 is 4.74 Å². The lowest BCUT2D eigenvalue weighted by Crippen LogP contribution is -2.01. The summed E-state index contributed by atoms with van der Waals surface area (Å²) in [6.45, 7) is 1.28. The van der Waals surface area contributed by atoms with Crippen LogP contribution in [0.4, 0.5) is 8.78 Å². The minimum absolute atomic E-state index is 0.199. The van der Waals surface area contributed by atoms with Crippen LogP contribution in [0.5, 0.6) is 5.75 Å². The third-order valence-corrected chi connectivity index (χ3v) is 2.27.